The minimum Gasteiger partial charge on any atom is -0.493 e. The van der Waals surface area contributed by atoms with Gasteiger partial charge >= 0.3 is 0 Å². The predicted molar refractivity (Wildman–Crippen MR) is 85.2 cm³/mol. The maximum absolute atomic E-state index is 5.89. The quantitative estimate of drug-likeness (QED) is 0.690. The highest BCUT2D eigenvalue weighted by Crippen LogP contribution is 2.20. The molecule has 0 heterocycles. The minimum absolute atomic E-state index is 0.786. The normalized spacial score (nSPS) is 10.2. The third-order valence-electron chi connectivity index (χ3n) is 3.23. The molecule has 0 aromatic heterocycles. The van der Waals surface area contributed by atoms with E-state index in [4.69, 9.17) is 4.74 Å². The Bertz CT molecular complexity index is 496. The molecule has 0 unspecified atom stereocenters. The molecule has 0 amide bonds. The fraction of sp³-hybridized carbons (Fsp3) is 0.333. The molecular formula is C18H23NO. The fourth-order valence-corrected chi connectivity index (χ4v) is 2.08. The van der Waals surface area contributed by atoms with Crippen molar-refractivity contribution in [3.8, 4) is 5.75 Å². The van der Waals surface area contributed by atoms with E-state index in [1.807, 2.05) is 30.3 Å². The Morgan fingerprint density at radius 3 is 2.45 bits per heavy atom. The second kappa shape index (κ2) is 8.26. The number of para-hydroxylation sites is 2. The Balaban J connectivity index is 1.90. The molecule has 0 fully saturated rings. The average molecular weight is 269 g/mol. The van der Waals surface area contributed by atoms with Gasteiger partial charge in [-0.1, -0.05) is 56.2 Å². The number of rotatable bonds is 8. The van der Waals surface area contributed by atoms with Crippen molar-refractivity contribution in [1.82, 2.24) is 0 Å². The molecule has 2 rings (SSSR count). The lowest BCUT2D eigenvalue weighted by Crippen LogP contribution is -2.04. The van der Waals surface area contributed by atoms with E-state index < -0.39 is 0 Å². The van der Waals surface area contributed by atoms with Gasteiger partial charge in [0.15, 0.2) is 0 Å². The van der Waals surface area contributed by atoms with Crippen LogP contribution >= 0.6 is 0 Å². The predicted octanol–water partition coefficient (Wildman–Crippen LogP) is 4.87. The van der Waals surface area contributed by atoms with Gasteiger partial charge in [-0.05, 0) is 24.6 Å². The first-order valence-corrected chi connectivity index (χ1v) is 7.40. The second-order valence-corrected chi connectivity index (χ2v) is 4.88. The summed E-state index contributed by atoms with van der Waals surface area (Å²) in [4.78, 5) is 0. The van der Waals surface area contributed by atoms with Gasteiger partial charge in [0.1, 0.15) is 5.75 Å². The zero-order valence-corrected chi connectivity index (χ0v) is 12.1. The molecule has 2 nitrogen and oxygen atoms in total. The van der Waals surface area contributed by atoms with Crippen molar-refractivity contribution < 1.29 is 4.74 Å². The summed E-state index contributed by atoms with van der Waals surface area (Å²) in [5.74, 6) is 0.993. The summed E-state index contributed by atoms with van der Waals surface area (Å²) in [7, 11) is 0. The van der Waals surface area contributed by atoms with Gasteiger partial charge in [0.05, 0.1) is 6.61 Å². The van der Waals surface area contributed by atoms with E-state index in [2.05, 4.69) is 36.5 Å². The molecular weight excluding hydrogens is 246 g/mol. The van der Waals surface area contributed by atoms with Gasteiger partial charge in [0.25, 0.3) is 0 Å². The minimum atomic E-state index is 0.786. The fourth-order valence-electron chi connectivity index (χ4n) is 2.08. The molecule has 0 spiro atoms. The zero-order chi connectivity index (χ0) is 14.0. The molecule has 0 aliphatic rings. The molecule has 0 aliphatic heterocycles. The maximum atomic E-state index is 5.89. The first-order valence-electron chi connectivity index (χ1n) is 7.40. The van der Waals surface area contributed by atoms with Crippen molar-refractivity contribution in [1.29, 1.82) is 0 Å². The van der Waals surface area contributed by atoms with Crippen LogP contribution in [0.3, 0.4) is 0 Å². The van der Waals surface area contributed by atoms with Crippen LogP contribution in [0.15, 0.2) is 54.6 Å². The van der Waals surface area contributed by atoms with Gasteiger partial charge < -0.3 is 10.1 Å². The van der Waals surface area contributed by atoms with Crippen LogP contribution in [0.4, 0.5) is 5.69 Å². The van der Waals surface area contributed by atoms with Crippen LogP contribution in [0.2, 0.25) is 0 Å². The number of hydrogen-bond donors (Lipinski definition) is 1. The Kier molecular flexibility index (Phi) is 5.97. The van der Waals surface area contributed by atoms with E-state index in [1.165, 1.54) is 18.4 Å². The molecule has 106 valence electrons. The third kappa shape index (κ3) is 4.61. The first kappa shape index (κ1) is 14.4. The maximum Gasteiger partial charge on any atom is 0.124 e. The van der Waals surface area contributed by atoms with Crippen LogP contribution in [0.25, 0.3) is 0 Å². The number of anilines is 1. The van der Waals surface area contributed by atoms with Crippen molar-refractivity contribution in [3.63, 3.8) is 0 Å². The van der Waals surface area contributed by atoms with Crippen LogP contribution in [-0.4, -0.2) is 6.61 Å². The largest absolute Gasteiger partial charge is 0.493 e. The average Bonchev–Trinajstić information content (AvgIpc) is 2.51. The molecule has 0 saturated heterocycles. The van der Waals surface area contributed by atoms with E-state index in [0.717, 1.165) is 31.0 Å². The molecule has 0 atom stereocenters. The van der Waals surface area contributed by atoms with E-state index in [9.17, 15) is 0 Å². The summed E-state index contributed by atoms with van der Waals surface area (Å²) in [6.07, 6.45) is 3.57. The molecule has 2 heteroatoms. The Hall–Kier alpha value is -1.96. The van der Waals surface area contributed by atoms with Gasteiger partial charge in [-0.25, -0.2) is 0 Å². The number of ether oxygens (including phenoxy) is 1. The molecule has 1 N–H and O–H groups in total. The lowest BCUT2D eigenvalue weighted by atomic mass is 10.2. The van der Waals surface area contributed by atoms with Crippen LogP contribution in [0.5, 0.6) is 5.75 Å². The third-order valence-corrected chi connectivity index (χ3v) is 3.23. The Morgan fingerprint density at radius 2 is 1.65 bits per heavy atom. The molecule has 0 saturated carbocycles. The monoisotopic (exact) mass is 269 g/mol. The highest BCUT2D eigenvalue weighted by Gasteiger charge is 2.02. The number of benzene rings is 2. The Labute approximate surface area is 121 Å². The van der Waals surface area contributed by atoms with Crippen molar-refractivity contribution >= 4 is 5.69 Å². The highest BCUT2D eigenvalue weighted by molar-refractivity contribution is 5.44. The van der Waals surface area contributed by atoms with Gasteiger partial charge in [-0.2, -0.15) is 0 Å². The molecule has 0 radical (unpaired) electrons. The lowest BCUT2D eigenvalue weighted by Gasteiger charge is -2.12. The van der Waals surface area contributed by atoms with Crippen LogP contribution in [-0.2, 0) is 6.54 Å². The second-order valence-electron chi connectivity index (χ2n) is 4.88. The standard InChI is InChI=1S/C18H23NO/c1-2-3-9-14-20-18-13-8-7-10-16(18)15-19-17-11-5-4-6-12-17/h4-8,10-13,19H,2-3,9,14-15H2,1H3. The van der Waals surface area contributed by atoms with Gasteiger partial charge in [-0.3, -0.25) is 0 Å². The van der Waals surface area contributed by atoms with E-state index in [1.54, 1.807) is 0 Å². The molecule has 20 heavy (non-hydrogen) atoms. The van der Waals surface area contributed by atoms with Crippen molar-refractivity contribution in [2.75, 3.05) is 11.9 Å². The molecule has 2 aromatic carbocycles. The number of nitrogens with one attached hydrogen (secondary N) is 1. The summed E-state index contributed by atoms with van der Waals surface area (Å²) < 4.78 is 5.89. The van der Waals surface area contributed by atoms with Gasteiger partial charge in [-0.15, -0.1) is 0 Å². The summed E-state index contributed by atoms with van der Waals surface area (Å²) in [6.45, 7) is 3.79. The lowest BCUT2D eigenvalue weighted by molar-refractivity contribution is 0.303. The first-order chi connectivity index (χ1) is 9.90. The van der Waals surface area contributed by atoms with Crippen molar-refractivity contribution in [2.45, 2.75) is 32.7 Å². The highest BCUT2D eigenvalue weighted by atomic mass is 16.5. The summed E-state index contributed by atoms with van der Waals surface area (Å²) in [5, 5.41) is 3.42. The summed E-state index contributed by atoms with van der Waals surface area (Å²) in [6, 6.07) is 18.5. The Morgan fingerprint density at radius 1 is 0.900 bits per heavy atom. The molecule has 0 bridgehead atoms. The summed E-state index contributed by atoms with van der Waals surface area (Å²) >= 11 is 0. The number of hydrogen-bond acceptors (Lipinski definition) is 2. The van der Waals surface area contributed by atoms with Gasteiger partial charge in [0, 0.05) is 17.8 Å². The molecule has 2 aromatic rings. The topological polar surface area (TPSA) is 21.3 Å². The van der Waals surface area contributed by atoms with Gasteiger partial charge in [0.2, 0.25) is 0 Å². The van der Waals surface area contributed by atoms with E-state index in [-0.39, 0.29) is 0 Å². The smallest absolute Gasteiger partial charge is 0.124 e. The van der Waals surface area contributed by atoms with E-state index >= 15 is 0 Å². The SMILES string of the molecule is CCCCCOc1ccccc1CNc1ccccc1. The zero-order valence-electron chi connectivity index (χ0n) is 12.1. The van der Waals surface area contributed by atoms with Crippen LogP contribution < -0.4 is 10.1 Å². The summed E-state index contributed by atoms with van der Waals surface area (Å²) in [5.41, 5.74) is 2.33. The molecule has 0 aliphatic carbocycles. The van der Waals surface area contributed by atoms with E-state index in [0.29, 0.717) is 0 Å². The van der Waals surface area contributed by atoms with Crippen molar-refractivity contribution in [3.05, 3.63) is 60.2 Å². The van der Waals surface area contributed by atoms with Crippen LogP contribution in [0, 0.1) is 0 Å². The van der Waals surface area contributed by atoms with Crippen LogP contribution in [0.1, 0.15) is 31.7 Å². The van der Waals surface area contributed by atoms with Crippen molar-refractivity contribution in [2.24, 2.45) is 0 Å². The number of unbranched alkanes of at least 4 members (excludes halogenated alkanes) is 2.